The lowest BCUT2D eigenvalue weighted by Gasteiger charge is -2.16. The number of amidine groups is 1. The molecule has 9 aromatic carbocycles. The van der Waals surface area contributed by atoms with Gasteiger partial charge in [-0.25, -0.2) is 4.99 Å². The van der Waals surface area contributed by atoms with Crippen LogP contribution in [0.3, 0.4) is 0 Å². The highest BCUT2D eigenvalue weighted by atomic mass is 14.9. The predicted molar refractivity (Wildman–Crippen MR) is 279 cm³/mol. The number of hydrogen-bond donors (Lipinski definition) is 2. The van der Waals surface area contributed by atoms with E-state index in [-0.39, 0.29) is 0 Å². The van der Waals surface area contributed by atoms with Gasteiger partial charge in [-0.1, -0.05) is 237 Å². The maximum atomic E-state index is 6.61. The number of hydrogen-bond acceptors (Lipinski definition) is 3. The van der Waals surface area contributed by atoms with Gasteiger partial charge in [-0.15, -0.1) is 0 Å². The lowest BCUT2D eigenvalue weighted by atomic mass is 9.88. The van der Waals surface area contributed by atoms with Crippen molar-refractivity contribution >= 4 is 22.9 Å². The lowest BCUT2D eigenvalue weighted by molar-refractivity contribution is 1.07. The molecule has 0 saturated carbocycles. The maximum absolute atomic E-state index is 6.61. The first-order chi connectivity index (χ1) is 32.6. The molecule has 0 radical (unpaired) electrons. The second-order valence-electron chi connectivity index (χ2n) is 16.1. The summed E-state index contributed by atoms with van der Waals surface area (Å²) in [7, 11) is 0. The van der Waals surface area contributed by atoms with Gasteiger partial charge in [0, 0.05) is 11.3 Å². The first-order valence-electron chi connectivity index (χ1n) is 22.3. The van der Waals surface area contributed by atoms with Crippen molar-refractivity contribution in [1.82, 2.24) is 0 Å². The average Bonchev–Trinajstić information content (AvgIpc) is 3.40. The van der Waals surface area contributed by atoms with E-state index in [4.69, 9.17) is 21.5 Å². The van der Waals surface area contributed by atoms with Crippen LogP contribution >= 0.6 is 0 Å². The van der Waals surface area contributed by atoms with Gasteiger partial charge in [0.1, 0.15) is 5.84 Å². The minimum Gasteiger partial charge on any atom is -0.398 e. The zero-order valence-electron chi connectivity index (χ0n) is 36.7. The molecule has 4 heteroatoms. The minimum absolute atomic E-state index is 0.486. The average molecular weight is 851 g/mol. The van der Waals surface area contributed by atoms with Crippen molar-refractivity contribution in [2.75, 3.05) is 0 Å². The molecular weight excluding hydrogens is 801 g/mol. The van der Waals surface area contributed by atoms with Gasteiger partial charge in [0.15, 0.2) is 0 Å². The van der Waals surface area contributed by atoms with Gasteiger partial charge in [-0.3, -0.25) is 4.99 Å². The largest absolute Gasteiger partial charge is 0.398 e. The summed E-state index contributed by atoms with van der Waals surface area (Å²) < 4.78 is 0. The molecule has 0 atom stereocenters. The first kappa shape index (κ1) is 42.7. The Morgan fingerprint density at radius 2 is 0.864 bits per heavy atom. The molecule has 0 aliphatic carbocycles. The topological polar surface area (TPSA) is 76.8 Å². The van der Waals surface area contributed by atoms with Crippen LogP contribution in [0.1, 0.15) is 33.4 Å². The Hall–Kier alpha value is -8.60. The SMILES string of the molecule is NC(=N/C(=C\Cc1ccccc1)c1ccc(-c2cccc(-c3ccccc3-c3ccccc3-c3cccc(CN=C(/C=C(\N)c4ccccc4)c4ccccc4)c3)c2)cc1)c1ccccc1. The van der Waals surface area contributed by atoms with Crippen LogP contribution in [0.25, 0.3) is 55.9 Å². The summed E-state index contributed by atoms with van der Waals surface area (Å²) in [5.74, 6) is 0.486. The third-order valence-electron chi connectivity index (χ3n) is 11.7. The molecule has 9 aromatic rings. The Kier molecular flexibility index (Phi) is 13.4. The molecule has 0 amide bonds. The van der Waals surface area contributed by atoms with Gasteiger partial charge in [0.2, 0.25) is 0 Å². The van der Waals surface area contributed by atoms with Gasteiger partial charge >= 0.3 is 0 Å². The van der Waals surface area contributed by atoms with Crippen molar-refractivity contribution in [3.05, 3.63) is 288 Å². The molecule has 4 N–H and O–H groups in total. The Labute approximate surface area is 388 Å². The molecule has 0 aromatic heterocycles. The van der Waals surface area contributed by atoms with Crippen molar-refractivity contribution in [3.63, 3.8) is 0 Å². The number of nitrogens with zero attached hydrogens (tertiary/aromatic N) is 2. The predicted octanol–water partition coefficient (Wildman–Crippen LogP) is 14.3. The van der Waals surface area contributed by atoms with Crippen LogP contribution < -0.4 is 11.5 Å². The van der Waals surface area contributed by atoms with Crippen LogP contribution in [0.4, 0.5) is 0 Å². The molecule has 0 saturated heterocycles. The summed E-state index contributed by atoms with van der Waals surface area (Å²) in [6, 6.07) is 84.1. The molecule has 4 nitrogen and oxygen atoms in total. The lowest BCUT2D eigenvalue weighted by Crippen LogP contribution is -2.13. The number of rotatable bonds is 14. The third kappa shape index (κ3) is 10.4. The normalized spacial score (nSPS) is 12.2. The highest BCUT2D eigenvalue weighted by molar-refractivity contribution is 6.12. The van der Waals surface area contributed by atoms with E-state index in [2.05, 4.69) is 164 Å². The standard InChI is InChI=1S/C62H50N4/c63-59(48-22-7-2-8-23-48)43-61(49-24-9-3-10-25-49)65-44-46-21-17-29-53(41-46)55-31-13-15-33-57(55)58-34-16-14-32-56(58)54-30-18-28-52(42-54)47-36-38-50(39-37-47)60(40-35-45-19-5-1-6-20-45)66-62(64)51-26-11-4-12-27-51/h1-34,36-43H,35,44,63H2,(H2,64,66)/b59-43-,60-40-,65-61?. The van der Waals surface area contributed by atoms with Gasteiger partial charge in [0.05, 0.1) is 18.0 Å². The van der Waals surface area contributed by atoms with Gasteiger partial charge < -0.3 is 11.5 Å². The molecule has 0 aliphatic heterocycles. The van der Waals surface area contributed by atoms with Crippen LogP contribution in [0, 0.1) is 0 Å². The first-order valence-corrected chi connectivity index (χ1v) is 22.3. The van der Waals surface area contributed by atoms with Crippen LogP contribution in [0.2, 0.25) is 0 Å². The van der Waals surface area contributed by atoms with E-state index in [0.717, 1.165) is 84.6 Å². The smallest absolute Gasteiger partial charge is 0.131 e. The minimum atomic E-state index is 0.486. The Bertz CT molecular complexity index is 3170. The second-order valence-corrected chi connectivity index (χ2v) is 16.1. The quantitative estimate of drug-likeness (QED) is 0.0844. The number of allylic oxidation sites excluding steroid dienone is 2. The van der Waals surface area contributed by atoms with Gasteiger partial charge in [-0.2, -0.15) is 0 Å². The van der Waals surface area contributed by atoms with E-state index >= 15 is 0 Å². The fourth-order valence-corrected chi connectivity index (χ4v) is 8.20. The molecule has 9 rings (SSSR count). The van der Waals surface area contributed by atoms with Crippen molar-refractivity contribution in [3.8, 4) is 44.5 Å². The van der Waals surface area contributed by atoms with E-state index in [1.54, 1.807) is 0 Å². The van der Waals surface area contributed by atoms with E-state index in [1.165, 1.54) is 11.1 Å². The van der Waals surface area contributed by atoms with Crippen molar-refractivity contribution in [2.24, 2.45) is 21.5 Å². The van der Waals surface area contributed by atoms with E-state index < -0.39 is 0 Å². The third-order valence-corrected chi connectivity index (χ3v) is 11.7. The number of aliphatic imine (C=N–C) groups is 2. The summed E-state index contributed by atoms with van der Waals surface area (Å²) in [5, 5.41) is 0. The van der Waals surface area contributed by atoms with Crippen LogP contribution in [-0.4, -0.2) is 11.5 Å². The molecule has 66 heavy (non-hydrogen) atoms. The van der Waals surface area contributed by atoms with E-state index in [1.807, 2.05) is 91.0 Å². The summed E-state index contributed by atoms with van der Waals surface area (Å²) in [6.45, 7) is 0.503. The van der Waals surface area contributed by atoms with E-state index in [0.29, 0.717) is 18.1 Å². The monoisotopic (exact) mass is 850 g/mol. The van der Waals surface area contributed by atoms with Gasteiger partial charge in [0.25, 0.3) is 0 Å². The van der Waals surface area contributed by atoms with Crippen molar-refractivity contribution < 1.29 is 0 Å². The van der Waals surface area contributed by atoms with E-state index in [9.17, 15) is 0 Å². The van der Waals surface area contributed by atoms with Crippen molar-refractivity contribution in [2.45, 2.75) is 13.0 Å². The zero-order valence-corrected chi connectivity index (χ0v) is 36.7. The van der Waals surface area contributed by atoms with Crippen molar-refractivity contribution in [1.29, 1.82) is 0 Å². The van der Waals surface area contributed by atoms with Crippen LogP contribution in [0.15, 0.2) is 265 Å². The highest BCUT2D eigenvalue weighted by Crippen LogP contribution is 2.39. The molecule has 0 aliphatic rings. The maximum Gasteiger partial charge on any atom is 0.131 e. The number of nitrogens with two attached hydrogens (primary N) is 2. The second kappa shape index (κ2) is 20.7. The molecule has 0 unspecified atom stereocenters. The summed E-state index contributed by atoms with van der Waals surface area (Å²) >= 11 is 0. The molecule has 0 fully saturated rings. The zero-order chi connectivity index (χ0) is 44.9. The summed E-state index contributed by atoms with van der Waals surface area (Å²) in [6.07, 6.45) is 4.88. The Balaban J connectivity index is 1.00. The Morgan fingerprint density at radius 3 is 1.48 bits per heavy atom. The molecule has 318 valence electrons. The molecule has 0 bridgehead atoms. The van der Waals surface area contributed by atoms with Crippen LogP contribution in [0.5, 0.6) is 0 Å². The molecule has 0 spiro atoms. The summed E-state index contributed by atoms with van der Waals surface area (Å²) in [5.41, 5.74) is 30.9. The molecule has 0 heterocycles. The fourth-order valence-electron chi connectivity index (χ4n) is 8.20. The molecular formula is C62H50N4. The summed E-state index contributed by atoms with van der Waals surface area (Å²) in [4.78, 5) is 10.1. The van der Waals surface area contributed by atoms with Gasteiger partial charge in [-0.05, 0) is 97.0 Å². The van der Waals surface area contributed by atoms with Crippen LogP contribution in [-0.2, 0) is 13.0 Å². The Morgan fingerprint density at radius 1 is 0.379 bits per heavy atom. The number of benzene rings is 9. The highest BCUT2D eigenvalue weighted by Gasteiger charge is 2.14. The fraction of sp³-hybridized carbons (Fsp3) is 0.0323.